The average Bonchev–Trinajstić information content (AvgIpc) is 3.39. The summed E-state index contributed by atoms with van der Waals surface area (Å²) in [5, 5.41) is 4.89. The maximum absolute atomic E-state index is 13.4. The van der Waals surface area contributed by atoms with Gasteiger partial charge >= 0.3 is 0 Å². The van der Waals surface area contributed by atoms with E-state index in [1.54, 1.807) is 17.4 Å². The van der Waals surface area contributed by atoms with Gasteiger partial charge in [0, 0.05) is 35.3 Å². The van der Waals surface area contributed by atoms with Gasteiger partial charge in [-0.15, -0.1) is 11.3 Å². The Morgan fingerprint density at radius 2 is 1.71 bits per heavy atom. The van der Waals surface area contributed by atoms with Gasteiger partial charge in [0.05, 0.1) is 7.11 Å². The lowest BCUT2D eigenvalue weighted by Crippen LogP contribution is -2.27. The standard InChI is InChI=1S/C26H24N2O4S2/c1-28(18-19-9-4-3-5-10-19)34(30,31)25-17-20(14-15-23(25)32-2)26(29)27-22-12-7-6-11-21(22)24-13-8-16-33-24/h3-17H,18H2,1-2H3,(H,27,29). The number of ether oxygens (including phenoxy) is 1. The molecule has 4 aromatic rings. The summed E-state index contributed by atoms with van der Waals surface area (Å²) < 4.78 is 33.3. The van der Waals surface area contributed by atoms with E-state index in [9.17, 15) is 13.2 Å². The van der Waals surface area contributed by atoms with Crippen LogP contribution in [0.15, 0.2) is 95.2 Å². The highest BCUT2D eigenvalue weighted by molar-refractivity contribution is 7.89. The molecule has 0 aliphatic carbocycles. The molecule has 4 rings (SSSR count). The molecule has 34 heavy (non-hydrogen) atoms. The first kappa shape index (κ1) is 23.7. The normalized spacial score (nSPS) is 11.4. The summed E-state index contributed by atoms with van der Waals surface area (Å²) in [6.07, 6.45) is 0. The first-order valence-electron chi connectivity index (χ1n) is 10.5. The molecule has 1 amide bonds. The highest BCUT2D eigenvalue weighted by Gasteiger charge is 2.26. The molecule has 1 N–H and O–H groups in total. The predicted molar refractivity (Wildman–Crippen MR) is 136 cm³/mol. The zero-order valence-corrected chi connectivity index (χ0v) is 20.4. The smallest absolute Gasteiger partial charge is 0.255 e. The van der Waals surface area contributed by atoms with Crippen LogP contribution in [-0.4, -0.2) is 32.8 Å². The van der Waals surface area contributed by atoms with Crippen LogP contribution in [0.5, 0.6) is 5.75 Å². The van der Waals surface area contributed by atoms with Crippen LogP contribution < -0.4 is 10.1 Å². The molecule has 0 atom stereocenters. The topological polar surface area (TPSA) is 75.7 Å². The number of amides is 1. The van der Waals surface area contributed by atoms with Crippen LogP contribution in [0, 0.1) is 0 Å². The van der Waals surface area contributed by atoms with Crippen molar-refractivity contribution in [3.63, 3.8) is 0 Å². The third-order valence-corrected chi connectivity index (χ3v) is 8.05. The van der Waals surface area contributed by atoms with E-state index in [0.717, 1.165) is 16.0 Å². The van der Waals surface area contributed by atoms with Crippen molar-refractivity contribution in [2.24, 2.45) is 0 Å². The number of anilines is 1. The molecule has 0 saturated carbocycles. The lowest BCUT2D eigenvalue weighted by Gasteiger charge is -2.19. The summed E-state index contributed by atoms with van der Waals surface area (Å²) in [4.78, 5) is 14.1. The summed E-state index contributed by atoms with van der Waals surface area (Å²) in [6.45, 7) is 0.191. The quantitative estimate of drug-likeness (QED) is 0.353. The van der Waals surface area contributed by atoms with Crippen LogP contribution in [-0.2, 0) is 16.6 Å². The van der Waals surface area contributed by atoms with E-state index in [4.69, 9.17) is 4.74 Å². The maximum atomic E-state index is 13.4. The molecule has 1 heterocycles. The lowest BCUT2D eigenvalue weighted by molar-refractivity contribution is 0.102. The lowest BCUT2D eigenvalue weighted by atomic mass is 10.1. The number of benzene rings is 3. The third-order valence-electron chi connectivity index (χ3n) is 5.32. The minimum absolute atomic E-state index is 0.0624. The highest BCUT2D eigenvalue weighted by atomic mass is 32.2. The van der Waals surface area contributed by atoms with Crippen molar-refractivity contribution in [3.05, 3.63) is 101 Å². The molecular weight excluding hydrogens is 468 g/mol. The van der Waals surface area contributed by atoms with Gasteiger partial charge in [-0.05, 0) is 41.3 Å². The first-order chi connectivity index (χ1) is 16.4. The van der Waals surface area contributed by atoms with Gasteiger partial charge < -0.3 is 10.1 Å². The summed E-state index contributed by atoms with van der Waals surface area (Å²) in [6, 6.07) is 25.2. The van der Waals surface area contributed by atoms with Crippen LogP contribution in [0.2, 0.25) is 0 Å². The molecule has 0 aliphatic heterocycles. The van der Waals surface area contributed by atoms with Gasteiger partial charge in [0.2, 0.25) is 10.0 Å². The summed E-state index contributed by atoms with van der Waals surface area (Å²) >= 11 is 1.58. The fourth-order valence-electron chi connectivity index (χ4n) is 3.55. The number of carbonyl (C=O) groups excluding carboxylic acids is 1. The Hall–Kier alpha value is -3.46. The Bertz CT molecular complexity index is 1390. The Balaban J connectivity index is 1.63. The summed E-state index contributed by atoms with van der Waals surface area (Å²) in [5.41, 5.74) is 2.62. The Kier molecular flexibility index (Phi) is 7.12. The number of methoxy groups -OCH3 is 1. The minimum Gasteiger partial charge on any atom is -0.495 e. The molecule has 174 valence electrons. The number of para-hydroxylation sites is 1. The fourth-order valence-corrected chi connectivity index (χ4v) is 5.65. The summed E-state index contributed by atoms with van der Waals surface area (Å²) in [7, 11) is -1.01. The number of sulfonamides is 1. The molecule has 0 radical (unpaired) electrons. The Labute approximate surface area is 203 Å². The molecule has 0 bridgehead atoms. The number of nitrogens with one attached hydrogen (secondary N) is 1. The maximum Gasteiger partial charge on any atom is 0.255 e. The van der Waals surface area contributed by atoms with Crippen LogP contribution in [0.1, 0.15) is 15.9 Å². The largest absolute Gasteiger partial charge is 0.495 e. The molecule has 0 aliphatic rings. The highest BCUT2D eigenvalue weighted by Crippen LogP contribution is 2.32. The summed E-state index contributed by atoms with van der Waals surface area (Å²) in [5.74, 6) is -0.232. The van der Waals surface area contributed by atoms with Gasteiger partial charge in [0.1, 0.15) is 10.6 Å². The second-order valence-corrected chi connectivity index (χ2v) is 10.6. The number of nitrogens with zero attached hydrogens (tertiary/aromatic N) is 1. The van der Waals surface area contributed by atoms with Crippen molar-refractivity contribution in [3.8, 4) is 16.2 Å². The van der Waals surface area contributed by atoms with Crippen molar-refractivity contribution in [2.45, 2.75) is 11.4 Å². The van der Waals surface area contributed by atoms with E-state index in [-0.39, 0.29) is 22.8 Å². The molecule has 8 heteroatoms. The average molecular weight is 493 g/mol. The molecule has 1 aromatic heterocycles. The zero-order chi connectivity index (χ0) is 24.1. The van der Waals surface area contributed by atoms with Gasteiger partial charge in [-0.25, -0.2) is 8.42 Å². The van der Waals surface area contributed by atoms with E-state index >= 15 is 0 Å². The van der Waals surface area contributed by atoms with Crippen LogP contribution in [0.3, 0.4) is 0 Å². The fraction of sp³-hybridized carbons (Fsp3) is 0.115. The van der Waals surface area contributed by atoms with Gasteiger partial charge in [0.15, 0.2) is 0 Å². The second-order valence-electron chi connectivity index (χ2n) is 7.59. The van der Waals surface area contributed by atoms with E-state index in [0.29, 0.717) is 5.69 Å². The minimum atomic E-state index is -3.92. The van der Waals surface area contributed by atoms with Gasteiger partial charge in [-0.2, -0.15) is 4.31 Å². The second kappa shape index (κ2) is 10.2. The molecule has 0 spiro atoms. The van der Waals surface area contributed by atoms with Crippen molar-refractivity contribution in [2.75, 3.05) is 19.5 Å². The number of carbonyl (C=O) groups is 1. The van der Waals surface area contributed by atoms with Crippen LogP contribution in [0.25, 0.3) is 10.4 Å². The van der Waals surface area contributed by atoms with E-state index < -0.39 is 15.9 Å². The third kappa shape index (κ3) is 5.04. The SMILES string of the molecule is COc1ccc(C(=O)Nc2ccccc2-c2cccs2)cc1S(=O)(=O)N(C)Cc1ccccc1. The molecular formula is C26H24N2O4S2. The van der Waals surface area contributed by atoms with E-state index in [1.807, 2.05) is 72.1 Å². The van der Waals surface area contributed by atoms with Crippen molar-refractivity contribution in [1.82, 2.24) is 4.31 Å². The van der Waals surface area contributed by atoms with E-state index in [1.165, 1.54) is 30.6 Å². The Morgan fingerprint density at radius 3 is 2.41 bits per heavy atom. The monoisotopic (exact) mass is 492 g/mol. The van der Waals surface area contributed by atoms with E-state index in [2.05, 4.69) is 5.32 Å². The van der Waals surface area contributed by atoms with Gasteiger partial charge in [-0.3, -0.25) is 4.79 Å². The van der Waals surface area contributed by atoms with Gasteiger partial charge in [-0.1, -0.05) is 54.6 Å². The Morgan fingerprint density at radius 1 is 0.971 bits per heavy atom. The molecule has 6 nitrogen and oxygen atoms in total. The first-order valence-corrected chi connectivity index (χ1v) is 12.8. The zero-order valence-electron chi connectivity index (χ0n) is 18.8. The van der Waals surface area contributed by atoms with Crippen molar-refractivity contribution in [1.29, 1.82) is 0 Å². The molecule has 0 unspecified atom stereocenters. The van der Waals surface area contributed by atoms with Gasteiger partial charge in [0.25, 0.3) is 5.91 Å². The molecule has 0 saturated heterocycles. The van der Waals surface area contributed by atoms with Crippen molar-refractivity contribution >= 4 is 33.0 Å². The van der Waals surface area contributed by atoms with Crippen molar-refractivity contribution < 1.29 is 17.9 Å². The number of hydrogen-bond donors (Lipinski definition) is 1. The number of thiophene rings is 1. The predicted octanol–water partition coefficient (Wildman–Crippen LogP) is 5.50. The number of hydrogen-bond acceptors (Lipinski definition) is 5. The van der Waals surface area contributed by atoms with Crippen LogP contribution in [0.4, 0.5) is 5.69 Å². The molecule has 0 fully saturated rings. The molecule has 3 aromatic carbocycles. The number of rotatable bonds is 8. The van der Waals surface area contributed by atoms with Crippen LogP contribution >= 0.6 is 11.3 Å².